The molecule has 134 valence electrons. The third-order valence-corrected chi connectivity index (χ3v) is 4.13. The summed E-state index contributed by atoms with van der Waals surface area (Å²) >= 11 is 0. The Bertz CT molecular complexity index is 712. The number of morpholine rings is 1. The minimum Gasteiger partial charge on any atom is -0.491 e. The molecule has 1 atom stereocenters. The van der Waals surface area contributed by atoms with Crippen LogP contribution in [0.15, 0.2) is 42.7 Å². The summed E-state index contributed by atoms with van der Waals surface area (Å²) in [7, 11) is 1.85. The molecule has 0 aliphatic carbocycles. The fourth-order valence-electron chi connectivity index (χ4n) is 3.13. The monoisotopic (exact) mass is 343 g/mol. The highest BCUT2D eigenvalue weighted by Gasteiger charge is 2.35. The van der Waals surface area contributed by atoms with E-state index in [0.717, 1.165) is 11.3 Å². The molecule has 0 N–H and O–H groups in total. The van der Waals surface area contributed by atoms with Crippen LogP contribution in [-0.4, -0.2) is 52.0 Å². The maximum atomic E-state index is 12.7. The minimum atomic E-state index is -0.395. The number of ether oxygens (including phenoxy) is 2. The van der Waals surface area contributed by atoms with Crippen LogP contribution in [0.2, 0.25) is 0 Å². The Labute approximate surface area is 148 Å². The number of aromatic nitrogens is 2. The second-order valence-corrected chi connectivity index (χ2v) is 7.10. The van der Waals surface area contributed by atoms with Gasteiger partial charge in [0, 0.05) is 19.8 Å². The fraction of sp³-hybridized carbons (Fsp3) is 0.474. The van der Waals surface area contributed by atoms with Crippen molar-refractivity contribution >= 4 is 5.91 Å². The first-order valence-corrected chi connectivity index (χ1v) is 8.52. The van der Waals surface area contributed by atoms with Crippen LogP contribution in [0.3, 0.4) is 0 Å². The molecule has 0 spiro atoms. The summed E-state index contributed by atoms with van der Waals surface area (Å²) < 4.78 is 13.6. The van der Waals surface area contributed by atoms with Crippen molar-refractivity contribution in [3.8, 4) is 5.75 Å². The molecule has 2 heterocycles. The first-order chi connectivity index (χ1) is 11.9. The molecular weight excluding hydrogens is 318 g/mol. The van der Waals surface area contributed by atoms with Crippen molar-refractivity contribution in [2.75, 3.05) is 19.7 Å². The highest BCUT2D eigenvalue weighted by atomic mass is 16.5. The van der Waals surface area contributed by atoms with Gasteiger partial charge < -0.3 is 14.4 Å². The van der Waals surface area contributed by atoms with E-state index in [4.69, 9.17) is 9.47 Å². The zero-order valence-electron chi connectivity index (χ0n) is 15.0. The Hall–Kier alpha value is -2.34. The van der Waals surface area contributed by atoms with Gasteiger partial charge in [0.15, 0.2) is 0 Å². The molecule has 25 heavy (non-hydrogen) atoms. The Balaban J connectivity index is 1.60. The van der Waals surface area contributed by atoms with E-state index in [9.17, 15) is 4.79 Å². The smallest absolute Gasteiger partial charge is 0.227 e. The normalized spacial score (nSPS) is 19.6. The van der Waals surface area contributed by atoms with E-state index >= 15 is 0 Å². The van der Waals surface area contributed by atoms with Crippen LogP contribution in [0.5, 0.6) is 5.75 Å². The largest absolute Gasteiger partial charge is 0.491 e. The number of benzene rings is 1. The fourth-order valence-corrected chi connectivity index (χ4v) is 3.13. The number of carbonyl (C=O) groups is 1. The lowest BCUT2D eigenvalue weighted by molar-refractivity contribution is -0.165. The summed E-state index contributed by atoms with van der Waals surface area (Å²) in [5.74, 6) is 0.900. The van der Waals surface area contributed by atoms with E-state index in [-0.39, 0.29) is 12.0 Å². The molecule has 1 aliphatic heterocycles. The molecule has 2 aromatic rings. The van der Waals surface area contributed by atoms with Gasteiger partial charge in [-0.15, -0.1) is 0 Å². The molecule has 0 radical (unpaired) electrons. The zero-order chi connectivity index (χ0) is 17.9. The molecule has 0 unspecified atom stereocenters. The zero-order valence-corrected chi connectivity index (χ0v) is 15.0. The van der Waals surface area contributed by atoms with Crippen molar-refractivity contribution in [1.29, 1.82) is 0 Å². The second-order valence-electron chi connectivity index (χ2n) is 7.10. The van der Waals surface area contributed by atoms with Crippen LogP contribution in [-0.2, 0) is 23.0 Å². The lowest BCUT2D eigenvalue weighted by Gasteiger charge is -2.42. The van der Waals surface area contributed by atoms with Crippen LogP contribution >= 0.6 is 0 Å². The van der Waals surface area contributed by atoms with Gasteiger partial charge in [0.05, 0.1) is 24.8 Å². The Morgan fingerprint density at radius 2 is 2.12 bits per heavy atom. The van der Waals surface area contributed by atoms with Crippen molar-refractivity contribution in [2.24, 2.45) is 7.05 Å². The third-order valence-electron chi connectivity index (χ3n) is 4.13. The first kappa shape index (κ1) is 17.5. The molecule has 1 fully saturated rings. The maximum Gasteiger partial charge on any atom is 0.227 e. The van der Waals surface area contributed by atoms with Crippen molar-refractivity contribution in [3.05, 3.63) is 48.3 Å². The SMILES string of the molecule is Cn1cc(CC(=O)N2C[C@H](COc3ccccc3)OC(C)(C)C2)cn1. The average Bonchev–Trinajstić information content (AvgIpc) is 2.97. The molecular formula is C19H25N3O3. The molecule has 1 aromatic heterocycles. The van der Waals surface area contributed by atoms with Crippen LogP contribution in [0.4, 0.5) is 0 Å². The number of hydrogen-bond donors (Lipinski definition) is 0. The summed E-state index contributed by atoms with van der Waals surface area (Å²) in [5, 5.41) is 4.12. The van der Waals surface area contributed by atoms with E-state index in [1.165, 1.54) is 0 Å². The summed E-state index contributed by atoms with van der Waals surface area (Å²) in [4.78, 5) is 14.5. The minimum absolute atomic E-state index is 0.0917. The number of hydrogen-bond acceptors (Lipinski definition) is 4. The molecule has 1 aromatic carbocycles. The Kier molecular flexibility index (Phi) is 5.08. The van der Waals surface area contributed by atoms with Gasteiger partial charge in [-0.3, -0.25) is 9.48 Å². The van der Waals surface area contributed by atoms with Gasteiger partial charge >= 0.3 is 0 Å². The molecule has 3 rings (SSSR count). The van der Waals surface area contributed by atoms with Crippen LogP contribution in [0.25, 0.3) is 0 Å². The van der Waals surface area contributed by atoms with Gasteiger partial charge in [-0.05, 0) is 31.5 Å². The number of carbonyl (C=O) groups excluding carboxylic acids is 1. The molecule has 1 saturated heterocycles. The summed E-state index contributed by atoms with van der Waals surface area (Å²) in [6.45, 7) is 5.55. The van der Waals surface area contributed by atoms with Crippen molar-refractivity contribution in [1.82, 2.24) is 14.7 Å². The van der Waals surface area contributed by atoms with E-state index in [1.807, 2.05) is 62.3 Å². The maximum absolute atomic E-state index is 12.7. The van der Waals surface area contributed by atoms with Gasteiger partial charge in [-0.2, -0.15) is 5.10 Å². The predicted octanol–water partition coefficient (Wildman–Crippen LogP) is 2.05. The van der Waals surface area contributed by atoms with E-state index in [2.05, 4.69) is 5.10 Å². The first-order valence-electron chi connectivity index (χ1n) is 8.52. The summed E-state index contributed by atoms with van der Waals surface area (Å²) in [6.07, 6.45) is 3.82. The Morgan fingerprint density at radius 3 is 2.80 bits per heavy atom. The highest BCUT2D eigenvalue weighted by Crippen LogP contribution is 2.22. The molecule has 0 bridgehead atoms. The van der Waals surface area contributed by atoms with Gasteiger partial charge in [0.25, 0.3) is 0 Å². The topological polar surface area (TPSA) is 56.6 Å². The molecule has 0 saturated carbocycles. The van der Waals surface area contributed by atoms with E-state index < -0.39 is 5.60 Å². The Morgan fingerprint density at radius 1 is 1.36 bits per heavy atom. The number of amides is 1. The lowest BCUT2D eigenvalue weighted by Crippen LogP contribution is -2.56. The standard InChI is InChI=1S/C19H25N3O3/c1-19(2)14-22(18(23)9-15-10-20-21(3)11-15)12-17(25-19)13-24-16-7-5-4-6-8-16/h4-8,10-11,17H,9,12-14H2,1-3H3/t17-/m1/s1. The quantitative estimate of drug-likeness (QED) is 0.834. The average molecular weight is 343 g/mol. The summed E-state index contributed by atoms with van der Waals surface area (Å²) in [5.41, 5.74) is 0.530. The van der Waals surface area contributed by atoms with Crippen molar-refractivity contribution in [3.63, 3.8) is 0 Å². The predicted molar refractivity (Wildman–Crippen MR) is 94.4 cm³/mol. The van der Waals surface area contributed by atoms with Crippen molar-refractivity contribution in [2.45, 2.75) is 32.0 Å². The number of nitrogens with zero attached hydrogens (tertiary/aromatic N) is 3. The van der Waals surface area contributed by atoms with Gasteiger partial charge in [-0.1, -0.05) is 18.2 Å². The molecule has 1 aliphatic rings. The van der Waals surface area contributed by atoms with E-state index in [0.29, 0.717) is 26.1 Å². The second kappa shape index (κ2) is 7.27. The third kappa shape index (κ3) is 4.82. The van der Waals surface area contributed by atoms with Gasteiger partial charge in [-0.25, -0.2) is 0 Å². The lowest BCUT2D eigenvalue weighted by atomic mass is 10.0. The van der Waals surface area contributed by atoms with Gasteiger partial charge in [0.1, 0.15) is 18.5 Å². The number of para-hydroxylation sites is 1. The van der Waals surface area contributed by atoms with Gasteiger partial charge in [0.2, 0.25) is 5.91 Å². The van der Waals surface area contributed by atoms with E-state index in [1.54, 1.807) is 10.9 Å². The van der Waals surface area contributed by atoms with Crippen molar-refractivity contribution < 1.29 is 14.3 Å². The number of aryl methyl sites for hydroxylation is 1. The van der Waals surface area contributed by atoms with Crippen LogP contribution < -0.4 is 4.74 Å². The molecule has 6 heteroatoms. The molecule has 6 nitrogen and oxygen atoms in total. The molecule has 1 amide bonds. The highest BCUT2D eigenvalue weighted by molar-refractivity contribution is 5.78. The summed E-state index contributed by atoms with van der Waals surface area (Å²) in [6, 6.07) is 9.65. The van der Waals surface area contributed by atoms with Crippen LogP contribution in [0, 0.1) is 0 Å². The van der Waals surface area contributed by atoms with Crippen LogP contribution in [0.1, 0.15) is 19.4 Å². The number of rotatable bonds is 5.